The van der Waals surface area contributed by atoms with Crippen molar-refractivity contribution in [3.05, 3.63) is 41.3 Å². The maximum atomic E-state index is 5.74. The lowest BCUT2D eigenvalue weighted by Crippen LogP contribution is -2.37. The molecule has 2 aliphatic heterocycles. The monoisotopic (exact) mass is 393 g/mol. The van der Waals surface area contributed by atoms with Crippen LogP contribution in [0.2, 0.25) is 0 Å². The maximum Gasteiger partial charge on any atom is 0.159 e. The lowest BCUT2D eigenvalue weighted by atomic mass is 9.89. The number of rotatable bonds is 3. The second-order valence-electron chi connectivity index (χ2n) is 7.97. The van der Waals surface area contributed by atoms with E-state index in [0.29, 0.717) is 5.92 Å². The Morgan fingerprint density at radius 1 is 0.966 bits per heavy atom. The van der Waals surface area contributed by atoms with E-state index in [0.717, 1.165) is 74.3 Å². The van der Waals surface area contributed by atoms with Gasteiger partial charge in [0.05, 0.1) is 31.5 Å². The molecular formula is C22H27N5O2. The van der Waals surface area contributed by atoms with Crippen LogP contribution in [0.1, 0.15) is 35.7 Å². The van der Waals surface area contributed by atoms with Gasteiger partial charge < -0.3 is 14.4 Å². The highest BCUT2D eigenvalue weighted by atomic mass is 16.5. The van der Waals surface area contributed by atoms with E-state index in [2.05, 4.69) is 34.0 Å². The number of aryl methyl sites for hydroxylation is 2. The molecule has 0 N–H and O–H groups in total. The number of benzene rings is 1. The highest BCUT2D eigenvalue weighted by molar-refractivity contribution is 5.82. The third-order valence-electron chi connectivity index (χ3n) is 5.92. The van der Waals surface area contributed by atoms with Gasteiger partial charge in [0, 0.05) is 37.1 Å². The van der Waals surface area contributed by atoms with Gasteiger partial charge >= 0.3 is 0 Å². The average molecular weight is 393 g/mol. The minimum absolute atomic E-state index is 0.451. The molecule has 2 fully saturated rings. The first-order valence-corrected chi connectivity index (χ1v) is 10.4. The Morgan fingerprint density at radius 2 is 1.79 bits per heavy atom. The van der Waals surface area contributed by atoms with Crippen molar-refractivity contribution >= 4 is 16.7 Å². The summed E-state index contributed by atoms with van der Waals surface area (Å²) >= 11 is 0. The van der Waals surface area contributed by atoms with E-state index in [1.54, 1.807) is 0 Å². The van der Waals surface area contributed by atoms with E-state index in [9.17, 15) is 0 Å². The summed E-state index contributed by atoms with van der Waals surface area (Å²) in [6.07, 6.45) is 4.22. The highest BCUT2D eigenvalue weighted by Gasteiger charge is 2.21. The first-order chi connectivity index (χ1) is 14.2. The van der Waals surface area contributed by atoms with Crippen LogP contribution in [-0.4, -0.2) is 59.3 Å². The fraction of sp³-hybridized carbons (Fsp3) is 0.500. The number of morpholine rings is 1. The van der Waals surface area contributed by atoms with E-state index >= 15 is 0 Å². The van der Waals surface area contributed by atoms with Crippen LogP contribution in [0.4, 0.5) is 5.82 Å². The van der Waals surface area contributed by atoms with Crippen LogP contribution in [-0.2, 0) is 9.47 Å². The fourth-order valence-electron chi connectivity index (χ4n) is 4.41. The summed E-state index contributed by atoms with van der Waals surface area (Å²) in [5, 5.41) is 5.80. The van der Waals surface area contributed by atoms with Gasteiger partial charge in [-0.05, 0) is 49.9 Å². The van der Waals surface area contributed by atoms with Crippen LogP contribution in [0.3, 0.4) is 0 Å². The second kappa shape index (κ2) is 7.72. The lowest BCUT2D eigenvalue weighted by Gasteiger charge is -2.28. The van der Waals surface area contributed by atoms with Gasteiger partial charge in [-0.3, -0.25) is 0 Å². The van der Waals surface area contributed by atoms with Crippen molar-refractivity contribution in [2.45, 2.75) is 32.6 Å². The molecule has 152 valence electrons. The Kier molecular flexibility index (Phi) is 4.93. The molecule has 0 bridgehead atoms. The minimum atomic E-state index is 0.451. The van der Waals surface area contributed by atoms with E-state index in [1.807, 2.05) is 23.9 Å². The van der Waals surface area contributed by atoms with Crippen molar-refractivity contribution in [1.82, 2.24) is 19.7 Å². The standard InChI is InChI=1S/C22H27N5O2/c1-15-10-18-13-23-27(20(18)11-19(15)17-4-3-7-29-14-17)22-12-21(24-16(2)25-22)26-5-8-28-9-6-26/h10-13,17H,3-9,14H2,1-2H3. The molecule has 7 heteroatoms. The summed E-state index contributed by atoms with van der Waals surface area (Å²) in [5.41, 5.74) is 3.75. The van der Waals surface area contributed by atoms with Crippen molar-refractivity contribution in [2.75, 3.05) is 44.4 Å². The molecule has 1 unspecified atom stereocenters. The fourth-order valence-corrected chi connectivity index (χ4v) is 4.41. The molecule has 0 spiro atoms. The minimum Gasteiger partial charge on any atom is -0.381 e. The van der Waals surface area contributed by atoms with Crippen LogP contribution < -0.4 is 4.90 Å². The molecule has 7 nitrogen and oxygen atoms in total. The zero-order valence-corrected chi connectivity index (χ0v) is 17.1. The first kappa shape index (κ1) is 18.5. The van der Waals surface area contributed by atoms with Crippen molar-refractivity contribution < 1.29 is 9.47 Å². The van der Waals surface area contributed by atoms with Gasteiger partial charge in [-0.2, -0.15) is 5.10 Å². The first-order valence-electron chi connectivity index (χ1n) is 10.4. The molecular weight excluding hydrogens is 366 g/mol. The Morgan fingerprint density at radius 3 is 2.59 bits per heavy atom. The third-order valence-corrected chi connectivity index (χ3v) is 5.92. The number of hydrogen-bond donors (Lipinski definition) is 0. The topological polar surface area (TPSA) is 65.3 Å². The van der Waals surface area contributed by atoms with Gasteiger partial charge in [-0.15, -0.1) is 0 Å². The number of ether oxygens (including phenoxy) is 2. The molecule has 0 saturated carbocycles. The molecule has 1 aromatic carbocycles. The predicted molar refractivity (Wildman–Crippen MR) is 112 cm³/mol. The zero-order chi connectivity index (χ0) is 19.8. The molecule has 5 rings (SSSR count). The Hall–Kier alpha value is -2.51. The molecule has 2 aliphatic rings. The molecule has 4 heterocycles. The predicted octanol–water partition coefficient (Wildman–Crippen LogP) is 3.16. The van der Waals surface area contributed by atoms with E-state index < -0.39 is 0 Å². The number of fused-ring (bicyclic) bond motifs is 1. The Balaban J connectivity index is 1.57. The van der Waals surface area contributed by atoms with Crippen molar-refractivity contribution in [2.24, 2.45) is 0 Å². The van der Waals surface area contributed by atoms with Crippen LogP contribution in [0.25, 0.3) is 16.7 Å². The summed E-state index contributed by atoms with van der Waals surface area (Å²) < 4.78 is 13.2. The Labute approximate surface area is 170 Å². The lowest BCUT2D eigenvalue weighted by molar-refractivity contribution is 0.0803. The number of aromatic nitrogens is 4. The smallest absolute Gasteiger partial charge is 0.159 e. The molecule has 3 aromatic rings. The molecule has 0 aliphatic carbocycles. The van der Waals surface area contributed by atoms with Gasteiger partial charge in [0.1, 0.15) is 11.6 Å². The summed E-state index contributed by atoms with van der Waals surface area (Å²) in [7, 11) is 0. The highest BCUT2D eigenvalue weighted by Crippen LogP contribution is 2.32. The van der Waals surface area contributed by atoms with E-state index in [4.69, 9.17) is 14.5 Å². The van der Waals surface area contributed by atoms with Gasteiger partial charge in [0.25, 0.3) is 0 Å². The van der Waals surface area contributed by atoms with Gasteiger partial charge in [0.2, 0.25) is 0 Å². The summed E-state index contributed by atoms with van der Waals surface area (Å²) in [6.45, 7) is 8.96. The van der Waals surface area contributed by atoms with Crippen molar-refractivity contribution in [1.29, 1.82) is 0 Å². The average Bonchev–Trinajstić information content (AvgIpc) is 3.16. The largest absolute Gasteiger partial charge is 0.381 e. The van der Waals surface area contributed by atoms with Crippen molar-refractivity contribution in [3.8, 4) is 5.82 Å². The van der Waals surface area contributed by atoms with E-state index in [-0.39, 0.29) is 0 Å². The number of nitrogens with zero attached hydrogens (tertiary/aromatic N) is 5. The molecule has 2 saturated heterocycles. The molecule has 0 radical (unpaired) electrons. The van der Waals surface area contributed by atoms with Crippen LogP contribution in [0, 0.1) is 13.8 Å². The Bertz CT molecular complexity index is 1020. The maximum absolute atomic E-state index is 5.74. The van der Waals surface area contributed by atoms with Crippen molar-refractivity contribution in [3.63, 3.8) is 0 Å². The van der Waals surface area contributed by atoms with Gasteiger partial charge in [0.15, 0.2) is 5.82 Å². The summed E-state index contributed by atoms with van der Waals surface area (Å²) in [6, 6.07) is 6.55. The van der Waals surface area contributed by atoms with E-state index in [1.165, 1.54) is 17.5 Å². The summed E-state index contributed by atoms with van der Waals surface area (Å²) in [4.78, 5) is 11.6. The SMILES string of the molecule is Cc1nc(N2CCOCC2)cc(-n2ncc3cc(C)c(C4CCCOC4)cc32)n1. The number of anilines is 1. The van der Waals surface area contributed by atoms with Crippen LogP contribution in [0.15, 0.2) is 24.4 Å². The number of hydrogen-bond acceptors (Lipinski definition) is 6. The van der Waals surface area contributed by atoms with Gasteiger partial charge in [-0.25, -0.2) is 14.6 Å². The zero-order valence-electron chi connectivity index (χ0n) is 17.1. The summed E-state index contributed by atoms with van der Waals surface area (Å²) in [5.74, 6) is 2.95. The van der Waals surface area contributed by atoms with Crippen LogP contribution in [0.5, 0.6) is 0 Å². The third kappa shape index (κ3) is 3.60. The molecule has 1 atom stereocenters. The molecule has 2 aromatic heterocycles. The normalized spacial score (nSPS) is 20.3. The second-order valence-corrected chi connectivity index (χ2v) is 7.97. The quantitative estimate of drug-likeness (QED) is 0.681. The van der Waals surface area contributed by atoms with Gasteiger partial charge in [-0.1, -0.05) is 0 Å². The molecule has 0 amide bonds. The molecule has 29 heavy (non-hydrogen) atoms. The van der Waals surface area contributed by atoms with Crippen LogP contribution >= 0.6 is 0 Å².